The first-order valence-corrected chi connectivity index (χ1v) is 8.62. The minimum atomic E-state index is 0.308. The maximum absolute atomic E-state index is 4.85. The fraction of sp³-hybridized carbons (Fsp3) is 0.350. The molecule has 0 bridgehead atoms. The predicted molar refractivity (Wildman–Crippen MR) is 96.0 cm³/mol. The molecule has 0 aromatic heterocycles. The van der Waals surface area contributed by atoms with Gasteiger partial charge in [-0.3, -0.25) is 4.99 Å². The molecule has 0 radical (unpaired) electrons. The molecule has 1 aliphatic carbocycles. The molecule has 1 unspecified atom stereocenters. The molecular weight excluding hydrogens is 282 g/mol. The topological polar surface area (TPSA) is 36.4 Å². The van der Waals surface area contributed by atoms with E-state index in [4.69, 9.17) is 4.99 Å². The highest BCUT2D eigenvalue weighted by molar-refractivity contribution is 5.95. The van der Waals surface area contributed by atoms with E-state index in [1.54, 1.807) is 0 Å². The van der Waals surface area contributed by atoms with Crippen LogP contribution in [-0.2, 0) is 0 Å². The number of hydrogen-bond acceptors (Lipinski definition) is 3. The zero-order chi connectivity index (χ0) is 15.5. The highest BCUT2D eigenvalue weighted by Crippen LogP contribution is 2.32. The van der Waals surface area contributed by atoms with E-state index in [-0.39, 0.29) is 0 Å². The molecule has 23 heavy (non-hydrogen) atoms. The summed E-state index contributed by atoms with van der Waals surface area (Å²) in [6, 6.07) is 19.8. The smallest absolute Gasteiger partial charge is 0.196 e. The summed E-state index contributed by atoms with van der Waals surface area (Å²) < 4.78 is 0. The molecule has 1 fully saturated rings. The number of para-hydroxylation sites is 1. The Morgan fingerprint density at radius 2 is 1.65 bits per heavy atom. The molecule has 3 nitrogen and oxygen atoms in total. The number of nitrogens with zero attached hydrogens (tertiary/aromatic N) is 1. The van der Waals surface area contributed by atoms with Crippen LogP contribution >= 0.6 is 0 Å². The van der Waals surface area contributed by atoms with Gasteiger partial charge in [0.2, 0.25) is 0 Å². The first kappa shape index (κ1) is 14.3. The van der Waals surface area contributed by atoms with E-state index in [0.717, 1.165) is 12.5 Å². The number of fused-ring (bicyclic) bond motifs is 1. The van der Waals surface area contributed by atoms with E-state index in [0.29, 0.717) is 12.0 Å². The monoisotopic (exact) mass is 305 g/mol. The number of aliphatic imine (C=N–C) groups is 1. The van der Waals surface area contributed by atoms with Gasteiger partial charge in [-0.1, -0.05) is 61.4 Å². The lowest BCUT2D eigenvalue weighted by molar-refractivity contribution is 0.627. The van der Waals surface area contributed by atoms with Gasteiger partial charge < -0.3 is 10.6 Å². The first-order chi connectivity index (χ1) is 11.4. The maximum atomic E-state index is 4.85. The molecule has 2 aromatic rings. The van der Waals surface area contributed by atoms with Crippen molar-refractivity contribution in [2.24, 2.45) is 4.99 Å². The van der Waals surface area contributed by atoms with Crippen molar-refractivity contribution in [1.82, 2.24) is 5.32 Å². The van der Waals surface area contributed by atoms with Crippen molar-refractivity contribution in [2.45, 2.75) is 37.6 Å². The van der Waals surface area contributed by atoms with Crippen LogP contribution in [0.2, 0.25) is 0 Å². The van der Waals surface area contributed by atoms with Gasteiger partial charge in [-0.25, -0.2) is 0 Å². The molecule has 118 valence electrons. The van der Waals surface area contributed by atoms with Crippen molar-refractivity contribution in [3.8, 4) is 0 Å². The van der Waals surface area contributed by atoms with Crippen molar-refractivity contribution in [1.29, 1.82) is 0 Å². The molecule has 0 amide bonds. The average Bonchev–Trinajstić information content (AvgIpc) is 3.03. The number of anilines is 1. The Morgan fingerprint density at radius 1 is 0.913 bits per heavy atom. The molecule has 3 heteroatoms. The Balaban J connectivity index is 1.65. The molecule has 4 rings (SSSR count). The molecule has 1 saturated carbocycles. The molecule has 2 aliphatic rings. The van der Waals surface area contributed by atoms with Crippen molar-refractivity contribution in [2.75, 3.05) is 11.9 Å². The summed E-state index contributed by atoms with van der Waals surface area (Å²) in [5, 5.41) is 7.13. The summed E-state index contributed by atoms with van der Waals surface area (Å²) in [5.41, 5.74) is 3.82. The van der Waals surface area contributed by atoms with E-state index in [1.165, 1.54) is 42.5 Å². The van der Waals surface area contributed by atoms with Crippen LogP contribution in [0, 0.1) is 0 Å². The SMILES string of the molecule is c1ccc(C2CN=C(NC3CCCC3)Nc3ccccc32)cc1. The number of benzene rings is 2. The van der Waals surface area contributed by atoms with Crippen LogP contribution in [0.3, 0.4) is 0 Å². The first-order valence-electron chi connectivity index (χ1n) is 8.62. The fourth-order valence-corrected chi connectivity index (χ4v) is 3.68. The Kier molecular flexibility index (Phi) is 4.01. The van der Waals surface area contributed by atoms with Crippen molar-refractivity contribution < 1.29 is 0 Å². The van der Waals surface area contributed by atoms with E-state index >= 15 is 0 Å². The summed E-state index contributed by atoms with van der Waals surface area (Å²) >= 11 is 0. The lowest BCUT2D eigenvalue weighted by atomic mass is 9.90. The minimum Gasteiger partial charge on any atom is -0.353 e. The van der Waals surface area contributed by atoms with Crippen LogP contribution < -0.4 is 10.6 Å². The van der Waals surface area contributed by atoms with E-state index in [2.05, 4.69) is 65.2 Å². The number of nitrogens with one attached hydrogen (secondary N) is 2. The standard InChI is InChI=1S/C20H23N3/c1-2-8-15(9-3-1)18-14-21-20(22-16-10-4-5-11-16)23-19-13-7-6-12-17(18)19/h1-3,6-9,12-13,16,18H,4-5,10-11,14H2,(H2,21,22,23). The molecule has 1 aliphatic heterocycles. The van der Waals surface area contributed by atoms with Gasteiger partial charge in [-0.15, -0.1) is 0 Å². The minimum absolute atomic E-state index is 0.308. The zero-order valence-electron chi connectivity index (χ0n) is 13.3. The third-order valence-corrected chi connectivity index (χ3v) is 4.92. The summed E-state index contributed by atoms with van der Waals surface area (Å²) in [6.07, 6.45) is 5.16. The van der Waals surface area contributed by atoms with Gasteiger partial charge >= 0.3 is 0 Å². The molecule has 1 heterocycles. The third kappa shape index (κ3) is 3.09. The van der Waals surface area contributed by atoms with E-state index < -0.39 is 0 Å². The molecule has 0 spiro atoms. The lowest BCUT2D eigenvalue weighted by Crippen LogP contribution is -2.37. The molecule has 2 aromatic carbocycles. The van der Waals surface area contributed by atoms with Crippen LogP contribution in [-0.4, -0.2) is 18.5 Å². The third-order valence-electron chi connectivity index (χ3n) is 4.92. The number of hydrogen-bond donors (Lipinski definition) is 2. The van der Waals surface area contributed by atoms with E-state index in [1.807, 2.05) is 0 Å². The van der Waals surface area contributed by atoms with Crippen LogP contribution in [0.5, 0.6) is 0 Å². The highest BCUT2D eigenvalue weighted by atomic mass is 15.2. The van der Waals surface area contributed by atoms with E-state index in [9.17, 15) is 0 Å². The zero-order valence-corrected chi connectivity index (χ0v) is 13.3. The highest BCUT2D eigenvalue weighted by Gasteiger charge is 2.23. The summed E-state index contributed by atoms with van der Waals surface area (Å²) in [7, 11) is 0. The molecule has 0 saturated heterocycles. The largest absolute Gasteiger partial charge is 0.353 e. The Bertz CT molecular complexity index is 687. The lowest BCUT2D eigenvalue weighted by Gasteiger charge is -2.18. The predicted octanol–water partition coefficient (Wildman–Crippen LogP) is 4.13. The summed E-state index contributed by atoms with van der Waals surface area (Å²) in [6.45, 7) is 0.781. The number of guanidine groups is 1. The fourth-order valence-electron chi connectivity index (χ4n) is 3.68. The second kappa shape index (κ2) is 6.45. The van der Waals surface area contributed by atoms with Crippen molar-refractivity contribution in [3.63, 3.8) is 0 Å². The number of rotatable bonds is 2. The second-order valence-corrected chi connectivity index (χ2v) is 6.49. The van der Waals surface area contributed by atoms with Crippen LogP contribution in [0.15, 0.2) is 59.6 Å². The van der Waals surface area contributed by atoms with Crippen LogP contribution in [0.4, 0.5) is 5.69 Å². The quantitative estimate of drug-likeness (QED) is 0.875. The van der Waals surface area contributed by atoms with Gasteiger partial charge in [0.25, 0.3) is 0 Å². The average molecular weight is 305 g/mol. The van der Waals surface area contributed by atoms with Crippen LogP contribution in [0.1, 0.15) is 42.7 Å². The van der Waals surface area contributed by atoms with Gasteiger partial charge in [0, 0.05) is 17.6 Å². The van der Waals surface area contributed by atoms with Crippen molar-refractivity contribution >= 4 is 11.6 Å². The molecular formula is C20H23N3. The normalized spacial score (nSPS) is 21.0. The second-order valence-electron chi connectivity index (χ2n) is 6.49. The van der Waals surface area contributed by atoms with Crippen LogP contribution in [0.25, 0.3) is 0 Å². The van der Waals surface area contributed by atoms with Crippen molar-refractivity contribution in [3.05, 3.63) is 65.7 Å². The Hall–Kier alpha value is -2.29. The van der Waals surface area contributed by atoms with Gasteiger partial charge in [-0.2, -0.15) is 0 Å². The maximum Gasteiger partial charge on any atom is 0.196 e. The Morgan fingerprint density at radius 3 is 2.48 bits per heavy atom. The Labute approximate surface area is 137 Å². The van der Waals surface area contributed by atoms with Gasteiger partial charge in [0.05, 0.1) is 6.54 Å². The van der Waals surface area contributed by atoms with Gasteiger partial charge in [0.15, 0.2) is 5.96 Å². The summed E-state index contributed by atoms with van der Waals surface area (Å²) in [4.78, 5) is 4.85. The summed E-state index contributed by atoms with van der Waals surface area (Å²) in [5.74, 6) is 1.24. The molecule has 2 N–H and O–H groups in total. The van der Waals surface area contributed by atoms with Gasteiger partial charge in [-0.05, 0) is 30.0 Å². The molecule has 1 atom stereocenters. The van der Waals surface area contributed by atoms with Gasteiger partial charge in [0.1, 0.15) is 0 Å².